The van der Waals surface area contributed by atoms with Crippen LogP contribution in [0.1, 0.15) is 85.5 Å². The first-order valence-corrected chi connectivity index (χ1v) is 11.3. The van der Waals surface area contributed by atoms with Crippen molar-refractivity contribution in [1.29, 1.82) is 0 Å². The molecule has 3 atom stereocenters. The van der Waals surface area contributed by atoms with Crippen molar-refractivity contribution in [2.24, 2.45) is 11.3 Å². The molecule has 0 radical (unpaired) electrons. The maximum absolute atomic E-state index is 11.3. The van der Waals surface area contributed by atoms with Crippen LogP contribution in [-0.4, -0.2) is 30.1 Å². The van der Waals surface area contributed by atoms with Crippen LogP contribution in [0, 0.1) is 11.3 Å². The monoisotopic (exact) mass is 402 g/mol. The summed E-state index contributed by atoms with van der Waals surface area (Å²) in [5.74, 6) is -0.0926. The van der Waals surface area contributed by atoms with Gasteiger partial charge in [0.05, 0.1) is 19.1 Å². The molecule has 0 spiro atoms. The van der Waals surface area contributed by atoms with Gasteiger partial charge in [-0.3, -0.25) is 4.79 Å². The molecule has 0 bridgehead atoms. The minimum Gasteiger partial charge on any atom is -0.465 e. The number of aliphatic hydroxyl groups excluding tert-OH is 1. The van der Waals surface area contributed by atoms with Crippen molar-refractivity contribution in [2.45, 2.75) is 97.9 Å². The van der Waals surface area contributed by atoms with Crippen molar-refractivity contribution in [3.05, 3.63) is 34.4 Å². The largest absolute Gasteiger partial charge is 0.465 e. The molecule has 3 aliphatic rings. The van der Waals surface area contributed by atoms with Gasteiger partial charge in [0.1, 0.15) is 0 Å². The average molecular weight is 403 g/mol. The topological polar surface area (TPSA) is 55.8 Å². The summed E-state index contributed by atoms with van der Waals surface area (Å²) in [5, 5.41) is 10.3. The molecule has 0 aromatic rings. The summed E-state index contributed by atoms with van der Waals surface area (Å²) >= 11 is 0. The Morgan fingerprint density at radius 1 is 1.34 bits per heavy atom. The molecule has 4 nitrogen and oxygen atoms in total. The lowest BCUT2D eigenvalue weighted by Crippen LogP contribution is -2.33. The zero-order valence-electron chi connectivity index (χ0n) is 18.6. The SMILES string of the molecule is CC1=C(CC/C(C)=C/CCC2=CC[C@H]([C@H]3COC(=O)C3)O[C@@H]2O)C(C)(C)CCC1. The molecule has 0 aromatic carbocycles. The van der Waals surface area contributed by atoms with Crippen LogP contribution in [-0.2, 0) is 14.3 Å². The van der Waals surface area contributed by atoms with Crippen molar-refractivity contribution in [2.75, 3.05) is 6.61 Å². The molecule has 4 heteroatoms. The lowest BCUT2D eigenvalue weighted by Gasteiger charge is -2.35. The number of hydrogen-bond acceptors (Lipinski definition) is 4. The van der Waals surface area contributed by atoms with Gasteiger partial charge in [0.25, 0.3) is 0 Å². The highest BCUT2D eigenvalue weighted by atomic mass is 16.6. The normalized spacial score (nSPS) is 30.4. The van der Waals surface area contributed by atoms with Crippen LogP contribution in [0.3, 0.4) is 0 Å². The van der Waals surface area contributed by atoms with E-state index in [1.165, 1.54) is 31.3 Å². The van der Waals surface area contributed by atoms with Gasteiger partial charge in [-0.2, -0.15) is 0 Å². The first-order chi connectivity index (χ1) is 13.8. The molecule has 1 saturated heterocycles. The number of allylic oxidation sites excluding steroid dienone is 4. The number of hydrogen-bond donors (Lipinski definition) is 1. The number of carbonyl (C=O) groups is 1. The molecular weight excluding hydrogens is 364 g/mol. The molecule has 1 aliphatic carbocycles. The number of cyclic esters (lactones) is 1. The fraction of sp³-hybridized carbons (Fsp3) is 0.720. The first kappa shape index (κ1) is 22.3. The lowest BCUT2D eigenvalue weighted by molar-refractivity contribution is -0.137. The molecule has 3 rings (SSSR count). The second-order valence-electron chi connectivity index (χ2n) is 9.77. The minimum absolute atomic E-state index is 0.0684. The quantitative estimate of drug-likeness (QED) is 0.444. The van der Waals surface area contributed by atoms with Crippen molar-refractivity contribution in [3.63, 3.8) is 0 Å². The van der Waals surface area contributed by atoms with Crippen molar-refractivity contribution < 1.29 is 19.4 Å². The summed E-state index contributed by atoms with van der Waals surface area (Å²) in [5.41, 5.74) is 6.00. The number of esters is 1. The summed E-state index contributed by atoms with van der Waals surface area (Å²) in [6.45, 7) is 9.73. The Balaban J connectivity index is 1.45. The highest BCUT2D eigenvalue weighted by molar-refractivity contribution is 5.71. The Hall–Kier alpha value is -1.39. The molecule has 0 unspecified atom stereocenters. The van der Waals surface area contributed by atoms with E-state index < -0.39 is 6.29 Å². The predicted octanol–water partition coefficient (Wildman–Crippen LogP) is 5.62. The number of carbonyl (C=O) groups excluding carboxylic acids is 1. The van der Waals surface area contributed by atoms with Gasteiger partial charge >= 0.3 is 5.97 Å². The van der Waals surface area contributed by atoms with E-state index in [0.717, 1.165) is 31.3 Å². The Morgan fingerprint density at radius 3 is 2.79 bits per heavy atom. The van der Waals surface area contributed by atoms with Gasteiger partial charge in [0.15, 0.2) is 6.29 Å². The second-order valence-corrected chi connectivity index (χ2v) is 9.77. The van der Waals surface area contributed by atoms with E-state index in [2.05, 4.69) is 39.8 Å². The predicted molar refractivity (Wildman–Crippen MR) is 115 cm³/mol. The van der Waals surface area contributed by atoms with E-state index >= 15 is 0 Å². The van der Waals surface area contributed by atoms with E-state index in [-0.39, 0.29) is 18.0 Å². The summed E-state index contributed by atoms with van der Waals surface area (Å²) in [6.07, 6.45) is 12.5. The number of ether oxygens (including phenoxy) is 2. The van der Waals surface area contributed by atoms with E-state index in [9.17, 15) is 9.90 Å². The zero-order chi connectivity index (χ0) is 21.0. The van der Waals surface area contributed by atoms with E-state index in [0.29, 0.717) is 18.4 Å². The molecule has 162 valence electrons. The molecule has 0 aromatic heterocycles. The fourth-order valence-electron chi connectivity index (χ4n) is 5.11. The maximum atomic E-state index is 11.3. The highest BCUT2D eigenvalue weighted by Crippen LogP contribution is 2.42. The standard InChI is InChI=1S/C25H38O4/c1-17(10-12-21-18(2)8-6-14-25(21,3)4)7-5-9-19-11-13-22(29-24(19)27)20-15-23(26)28-16-20/h7,11,20,22,24,27H,5-6,8-10,12-16H2,1-4H3/b17-7+/t20-,22-,24+/m1/s1. The molecule has 0 saturated carbocycles. The third-order valence-electron chi connectivity index (χ3n) is 7.03. The molecule has 1 fully saturated rings. The van der Waals surface area contributed by atoms with Crippen molar-refractivity contribution >= 4 is 5.97 Å². The Labute approximate surface area is 176 Å². The van der Waals surface area contributed by atoms with Gasteiger partial charge in [-0.05, 0) is 76.2 Å². The maximum Gasteiger partial charge on any atom is 0.306 e. The molecular formula is C25H38O4. The highest BCUT2D eigenvalue weighted by Gasteiger charge is 2.35. The van der Waals surface area contributed by atoms with Gasteiger partial charge in [0, 0.05) is 5.92 Å². The van der Waals surface area contributed by atoms with Gasteiger partial charge in [-0.25, -0.2) is 0 Å². The molecule has 29 heavy (non-hydrogen) atoms. The van der Waals surface area contributed by atoms with E-state index in [4.69, 9.17) is 9.47 Å². The molecule has 2 aliphatic heterocycles. The average Bonchev–Trinajstić information content (AvgIpc) is 3.08. The van der Waals surface area contributed by atoms with Crippen LogP contribution in [0.4, 0.5) is 0 Å². The van der Waals surface area contributed by atoms with Crippen LogP contribution in [0.2, 0.25) is 0 Å². The van der Waals surface area contributed by atoms with Crippen LogP contribution in [0.25, 0.3) is 0 Å². The molecule has 2 heterocycles. The Morgan fingerprint density at radius 2 is 2.14 bits per heavy atom. The number of aliphatic hydroxyl groups is 1. The summed E-state index contributed by atoms with van der Waals surface area (Å²) < 4.78 is 10.8. The van der Waals surface area contributed by atoms with E-state index in [1.54, 1.807) is 11.1 Å². The third kappa shape index (κ3) is 5.82. The van der Waals surface area contributed by atoms with Crippen LogP contribution < -0.4 is 0 Å². The summed E-state index contributed by atoms with van der Waals surface area (Å²) in [6, 6.07) is 0. The molecule has 0 amide bonds. The van der Waals surface area contributed by atoms with Crippen molar-refractivity contribution in [1.82, 2.24) is 0 Å². The third-order valence-corrected chi connectivity index (χ3v) is 7.03. The molecule has 1 N–H and O–H groups in total. The van der Waals surface area contributed by atoms with Crippen LogP contribution >= 0.6 is 0 Å². The lowest BCUT2D eigenvalue weighted by atomic mass is 9.71. The van der Waals surface area contributed by atoms with E-state index in [1.807, 2.05) is 0 Å². The smallest absolute Gasteiger partial charge is 0.306 e. The van der Waals surface area contributed by atoms with Crippen LogP contribution in [0.5, 0.6) is 0 Å². The summed E-state index contributed by atoms with van der Waals surface area (Å²) in [4.78, 5) is 11.3. The zero-order valence-corrected chi connectivity index (χ0v) is 18.6. The van der Waals surface area contributed by atoms with Gasteiger partial charge in [-0.15, -0.1) is 0 Å². The first-order valence-electron chi connectivity index (χ1n) is 11.3. The Kier molecular flexibility index (Phi) is 7.39. The van der Waals surface area contributed by atoms with Gasteiger partial charge in [0.2, 0.25) is 0 Å². The summed E-state index contributed by atoms with van der Waals surface area (Å²) in [7, 11) is 0. The van der Waals surface area contributed by atoms with Crippen molar-refractivity contribution in [3.8, 4) is 0 Å². The number of rotatable bonds is 7. The Bertz CT molecular complexity index is 698. The second kappa shape index (κ2) is 9.61. The van der Waals surface area contributed by atoms with Gasteiger partial charge in [-0.1, -0.05) is 42.7 Å². The van der Waals surface area contributed by atoms with Gasteiger partial charge < -0.3 is 14.6 Å². The fourth-order valence-corrected chi connectivity index (χ4v) is 5.11. The minimum atomic E-state index is -0.853. The van der Waals surface area contributed by atoms with Crippen LogP contribution in [0.15, 0.2) is 34.4 Å².